The van der Waals surface area contributed by atoms with Crippen molar-refractivity contribution < 1.29 is 65.1 Å². The lowest BCUT2D eigenvalue weighted by molar-refractivity contribution is -0.385. The lowest BCUT2D eigenvalue weighted by Crippen LogP contribution is -2.35. The smallest absolute Gasteiger partial charge is 0.368 e. The Morgan fingerprint density at radius 2 is 1.09 bits per heavy atom. The Hall–Kier alpha value is -7.76. The lowest BCUT2D eigenvalue weighted by Gasteiger charge is -2.29. The second kappa shape index (κ2) is 24.9. The molecule has 26 nitrogen and oxygen atoms in total. The molecule has 4 aromatic carbocycles. The number of para-hydroxylation sites is 2. The highest BCUT2D eigenvalue weighted by atomic mass is 32.7. The largest absolute Gasteiger partial charge is 0.389 e. The fourth-order valence-electron chi connectivity index (χ4n) is 10.3. The fourth-order valence-corrected chi connectivity index (χ4v) is 17.4. The van der Waals surface area contributed by atoms with Crippen molar-refractivity contribution in [3.05, 3.63) is 189 Å². The van der Waals surface area contributed by atoms with Gasteiger partial charge in [-0.3, -0.25) is 57.8 Å². The molecule has 0 saturated carbocycles. The van der Waals surface area contributed by atoms with Crippen molar-refractivity contribution in [3.63, 3.8) is 0 Å². The van der Waals surface area contributed by atoms with Crippen molar-refractivity contribution in [1.82, 2.24) is 39.0 Å². The van der Waals surface area contributed by atoms with E-state index in [1.54, 1.807) is 78.9 Å². The van der Waals surface area contributed by atoms with E-state index in [2.05, 4.69) is 29.9 Å². The molecule has 5 aliphatic rings. The molecule has 13 rings (SSSR count). The number of hydrogen-bond acceptors (Lipinski definition) is 22. The second-order valence-electron chi connectivity index (χ2n) is 19.7. The van der Waals surface area contributed by atoms with Crippen LogP contribution in [-0.2, 0) is 48.4 Å². The molecule has 0 N–H and O–H groups in total. The molecule has 3 saturated heterocycles. The number of carbonyl (C=O) groups is 2. The molecule has 2 amide bonds. The van der Waals surface area contributed by atoms with Crippen molar-refractivity contribution in [2.45, 2.75) is 67.1 Å². The molecular weight excluding hydrogens is 1200 g/mol. The van der Waals surface area contributed by atoms with Crippen LogP contribution in [0.1, 0.15) is 50.7 Å². The molecule has 5 aliphatic heterocycles. The van der Waals surface area contributed by atoms with Gasteiger partial charge in [0.15, 0.2) is 58.8 Å². The van der Waals surface area contributed by atoms with Crippen LogP contribution >= 0.6 is 36.1 Å². The fraction of sp³-hybridized carbons (Fsp3) is 0.296. The number of halogens is 2. The van der Waals surface area contributed by atoms with E-state index in [9.17, 15) is 29.8 Å². The van der Waals surface area contributed by atoms with Gasteiger partial charge in [0, 0.05) is 65.4 Å². The van der Waals surface area contributed by atoms with Crippen LogP contribution in [0.3, 0.4) is 0 Å². The Morgan fingerprint density at radius 1 is 0.616 bits per heavy atom. The summed E-state index contributed by atoms with van der Waals surface area (Å²) in [7, 11) is 0. The van der Waals surface area contributed by atoms with E-state index in [1.807, 2.05) is 0 Å². The van der Waals surface area contributed by atoms with E-state index in [0.29, 0.717) is 22.8 Å². The van der Waals surface area contributed by atoms with Crippen molar-refractivity contribution in [1.29, 1.82) is 0 Å². The van der Waals surface area contributed by atoms with Crippen LogP contribution in [0.15, 0.2) is 147 Å². The highest BCUT2D eigenvalue weighted by Gasteiger charge is 2.54. The van der Waals surface area contributed by atoms with Gasteiger partial charge in [-0.2, -0.15) is 0 Å². The first-order chi connectivity index (χ1) is 41.7. The normalized spacial score (nSPS) is 26.6. The van der Waals surface area contributed by atoms with Gasteiger partial charge in [0.2, 0.25) is 0 Å². The zero-order chi connectivity index (χ0) is 59.7. The molecule has 4 aromatic heterocycles. The number of ether oxygens (including phenoxy) is 3. The third-order valence-corrected chi connectivity index (χ3v) is 22.1. The van der Waals surface area contributed by atoms with Crippen LogP contribution < -0.4 is 9.80 Å². The van der Waals surface area contributed by atoms with Crippen LogP contribution in [0.2, 0.25) is 0 Å². The summed E-state index contributed by atoms with van der Waals surface area (Å²) in [5.41, 5.74) is 0.123. The van der Waals surface area contributed by atoms with Gasteiger partial charge in [-0.05, 0) is 35.6 Å². The van der Waals surface area contributed by atoms with Gasteiger partial charge in [-0.25, -0.2) is 43.2 Å². The van der Waals surface area contributed by atoms with Crippen LogP contribution in [0.5, 0.6) is 0 Å². The zero-order valence-electron chi connectivity index (χ0n) is 44.7. The van der Waals surface area contributed by atoms with Gasteiger partial charge in [0.1, 0.15) is 37.3 Å². The summed E-state index contributed by atoms with van der Waals surface area (Å²) >= 11 is 1.13. The third-order valence-electron chi connectivity index (χ3n) is 14.4. The summed E-state index contributed by atoms with van der Waals surface area (Å²) in [6.45, 7) is -10.8. The van der Waals surface area contributed by atoms with Gasteiger partial charge in [0.05, 0.1) is 41.8 Å². The summed E-state index contributed by atoms with van der Waals surface area (Å²) in [5, 5.41) is 24.3. The SMILES string of the molecule is O=C(c1ccccc1)N1C/C=C\CN(C(=O)c2ccccc2)c2ncnc3c2ncn3C2O[C@@H]3CCO[P@@](=O)(SCc4ccccc4[N+](=O)[O-])O[C@@H]4[C@@H](COC[P@](=O)(SCc5ccccc5[N+](=O)[O-])O[C@H]3[C@H]2F)OC([C@@H]4F)n2cnc3c1ncnc32. The topological polar surface area (TPSA) is 304 Å². The number of anilines is 2. The second-order valence-corrected chi connectivity index (χ2v) is 28.4. The maximum absolute atomic E-state index is 17.9. The number of aromatic nitrogens is 8. The third kappa shape index (κ3) is 11.8. The van der Waals surface area contributed by atoms with Gasteiger partial charge in [-0.1, -0.05) is 96.3 Å². The molecule has 3 fully saturated rings. The first-order valence-corrected chi connectivity index (χ1v) is 33.1. The minimum atomic E-state index is -4.75. The molecule has 2 unspecified atom stereocenters. The first kappa shape index (κ1) is 58.6. The molecule has 0 radical (unpaired) electrons. The minimum Gasteiger partial charge on any atom is -0.368 e. The summed E-state index contributed by atoms with van der Waals surface area (Å²) in [5.74, 6) is -1.75. The molecule has 10 atom stereocenters. The van der Waals surface area contributed by atoms with Gasteiger partial charge in [0.25, 0.3) is 29.8 Å². The van der Waals surface area contributed by atoms with Crippen LogP contribution in [0.25, 0.3) is 22.3 Å². The number of alkyl halides is 2. The number of imidazole rings is 2. The standard InChI is InChI=1S/C54H48F2N12O14P2S2/c55-41-45-39-21-24-78-84(76,86-27-36-18-8-10-20-38(36)68(73)74)82-46-40(25-77-32-83(75,81-45)85-26-35-17-7-9-19-37(35)67(71)72)80-54(42(46)56)66-31-62-44-48(58-29-60-50(44)66)64(52(70)34-15-5-2-6-16-34)23-12-11-22-63(51(69)33-13-3-1-4-14-33)47-43-49(59-28-57-47)65(30-61-43)53(41)79-39/h1-20,28-31,39-42,45-46,53-54H,21-27,32H2/b12-11-/t39-,40-,41-,42-,45-,46-,53?,54?,83-,84-/m1/s1. The number of nitrogens with zero attached hydrogens (tertiary/aromatic N) is 12. The molecule has 0 spiro atoms. The number of amides is 2. The molecule has 32 heteroatoms. The monoisotopic (exact) mass is 1250 g/mol. The van der Waals surface area contributed by atoms with E-state index >= 15 is 17.9 Å². The Bertz CT molecular complexity index is 3760. The average Bonchev–Trinajstić information content (AvgIpc) is 2.64. The highest BCUT2D eigenvalue weighted by molar-refractivity contribution is 8.56. The van der Waals surface area contributed by atoms with Crippen LogP contribution in [0.4, 0.5) is 31.8 Å². The van der Waals surface area contributed by atoms with Crippen LogP contribution in [-0.4, -0.2) is 130 Å². The zero-order valence-corrected chi connectivity index (χ0v) is 48.1. The first-order valence-electron chi connectivity index (χ1n) is 26.5. The van der Waals surface area contributed by atoms with E-state index in [0.717, 1.165) is 12.7 Å². The molecule has 8 aromatic rings. The molecule has 0 aliphatic carbocycles. The van der Waals surface area contributed by atoms with E-state index in [1.165, 1.54) is 74.1 Å². The Labute approximate surface area is 494 Å². The minimum absolute atomic E-state index is 0.00556. The Morgan fingerprint density at radius 3 is 1.62 bits per heavy atom. The Kier molecular flexibility index (Phi) is 17.0. The predicted octanol–water partition coefficient (Wildman–Crippen LogP) is 10.1. The molecule has 444 valence electrons. The van der Waals surface area contributed by atoms with E-state index in [-0.39, 0.29) is 98.6 Å². The number of rotatable bonds is 10. The lowest BCUT2D eigenvalue weighted by atomic mass is 10.1. The van der Waals surface area contributed by atoms with Crippen molar-refractivity contribution in [2.24, 2.45) is 0 Å². The number of hydrogen-bond donors (Lipinski definition) is 0. The summed E-state index contributed by atoms with van der Waals surface area (Å²) < 4.78 is 107. The van der Waals surface area contributed by atoms with E-state index < -0.39 is 104 Å². The van der Waals surface area contributed by atoms with Crippen LogP contribution in [0, 0.1) is 20.2 Å². The summed E-state index contributed by atoms with van der Waals surface area (Å²) in [6, 6.07) is 28.0. The van der Waals surface area contributed by atoms with Gasteiger partial charge < -0.3 is 23.3 Å². The number of benzene rings is 4. The number of fused-ring (bicyclic) bond motifs is 12. The van der Waals surface area contributed by atoms with Crippen molar-refractivity contribution in [3.8, 4) is 0 Å². The maximum Gasteiger partial charge on any atom is 0.389 e. The average molecular weight is 1250 g/mol. The molecule has 9 heterocycles. The van der Waals surface area contributed by atoms with Crippen molar-refractivity contribution >= 4 is 93.3 Å². The maximum atomic E-state index is 17.9. The number of carbonyl (C=O) groups excluding carboxylic acids is 2. The van der Waals surface area contributed by atoms with Gasteiger partial charge in [-0.15, -0.1) is 0 Å². The Balaban J connectivity index is 1.01. The van der Waals surface area contributed by atoms with Crippen molar-refractivity contribution in [2.75, 3.05) is 42.5 Å². The summed E-state index contributed by atoms with van der Waals surface area (Å²) in [4.78, 5) is 82.1. The highest BCUT2D eigenvalue weighted by Crippen LogP contribution is 2.66. The summed E-state index contributed by atoms with van der Waals surface area (Å²) in [6.07, 6.45) is -7.76. The molecular formula is C54H48F2N12O14P2S2. The molecule has 14 bridgehead atoms. The number of nitro benzene ring substituents is 2. The molecule has 86 heavy (non-hydrogen) atoms. The van der Waals surface area contributed by atoms with Gasteiger partial charge >= 0.3 is 6.80 Å². The van der Waals surface area contributed by atoms with E-state index in [4.69, 9.17) is 27.8 Å². The quantitative estimate of drug-likeness (QED) is 0.0532. The predicted molar refractivity (Wildman–Crippen MR) is 309 cm³/mol. The number of nitro groups is 2.